The van der Waals surface area contributed by atoms with Crippen LogP contribution in [0.5, 0.6) is 5.75 Å². The van der Waals surface area contributed by atoms with Gasteiger partial charge in [0.15, 0.2) is 5.78 Å². The summed E-state index contributed by atoms with van der Waals surface area (Å²) < 4.78 is 5.94. The van der Waals surface area contributed by atoms with Crippen LogP contribution >= 0.6 is 11.6 Å². The van der Waals surface area contributed by atoms with E-state index in [1.165, 1.54) is 12.1 Å². The van der Waals surface area contributed by atoms with Crippen LogP contribution in [0.15, 0.2) is 52.9 Å². The van der Waals surface area contributed by atoms with E-state index in [-0.39, 0.29) is 11.5 Å². The van der Waals surface area contributed by atoms with Crippen molar-refractivity contribution < 1.29 is 14.3 Å². The number of phenols is 1. The van der Waals surface area contributed by atoms with Gasteiger partial charge in [-0.1, -0.05) is 18.5 Å². The molecule has 2 aromatic carbocycles. The number of Topliss-reactive ketones (excluding diaryl/α,β-unsaturated/α-hetero) is 1. The fourth-order valence-electron chi connectivity index (χ4n) is 2.74. The number of nitrogens with zero attached hydrogens (tertiary/aromatic N) is 1. The Labute approximate surface area is 157 Å². The van der Waals surface area contributed by atoms with E-state index in [0.29, 0.717) is 29.3 Å². The molecule has 0 saturated heterocycles. The average Bonchev–Trinajstić information content (AvgIpc) is 3.04. The van der Waals surface area contributed by atoms with Crippen LogP contribution in [0.2, 0.25) is 5.02 Å². The molecule has 0 unspecified atom stereocenters. The maximum absolute atomic E-state index is 12.4. The molecule has 0 aliphatic heterocycles. The summed E-state index contributed by atoms with van der Waals surface area (Å²) in [6, 6.07) is 13.6. The van der Waals surface area contributed by atoms with Crippen molar-refractivity contribution >= 4 is 17.4 Å². The Bertz CT molecular complexity index is 883. The number of carbonyl (C=O) groups excluding carboxylic acids is 1. The van der Waals surface area contributed by atoms with Gasteiger partial charge in [0.1, 0.15) is 11.5 Å². The predicted molar refractivity (Wildman–Crippen MR) is 102 cm³/mol. The molecule has 3 aromatic rings. The topological polar surface area (TPSA) is 63.3 Å². The van der Waals surface area contributed by atoms with Gasteiger partial charge in [-0.15, -0.1) is 0 Å². The molecule has 0 fully saturated rings. The van der Waals surface area contributed by atoms with Gasteiger partial charge in [-0.25, -0.2) is 4.98 Å². The lowest BCUT2D eigenvalue weighted by Crippen LogP contribution is -2.02. The van der Waals surface area contributed by atoms with Crippen LogP contribution in [0, 0.1) is 0 Å². The molecule has 0 spiro atoms. The van der Waals surface area contributed by atoms with Crippen LogP contribution in [-0.4, -0.2) is 15.9 Å². The number of aromatic hydroxyl groups is 1. The lowest BCUT2D eigenvalue weighted by atomic mass is 10.0. The third kappa shape index (κ3) is 4.33. The molecule has 1 aromatic heterocycles. The second-order valence-corrected chi connectivity index (χ2v) is 6.55. The highest BCUT2D eigenvalue weighted by Gasteiger charge is 2.16. The van der Waals surface area contributed by atoms with Gasteiger partial charge >= 0.3 is 0 Å². The summed E-state index contributed by atoms with van der Waals surface area (Å²) in [7, 11) is 0. The molecule has 1 heterocycles. The first-order valence-electron chi connectivity index (χ1n) is 8.63. The minimum atomic E-state index is 0.0171. The smallest absolute Gasteiger partial charge is 0.226 e. The molecule has 0 bridgehead atoms. The number of carbonyl (C=O) groups is 1. The summed E-state index contributed by atoms with van der Waals surface area (Å²) in [5, 5.41) is 9.99. The summed E-state index contributed by atoms with van der Waals surface area (Å²) in [5.74, 6) is 1.55. The summed E-state index contributed by atoms with van der Waals surface area (Å²) in [4.78, 5) is 17.0. The Morgan fingerprint density at radius 3 is 2.42 bits per heavy atom. The second-order valence-electron chi connectivity index (χ2n) is 6.12. The van der Waals surface area contributed by atoms with Crippen LogP contribution in [0.25, 0.3) is 11.5 Å². The van der Waals surface area contributed by atoms with E-state index in [1.54, 1.807) is 24.3 Å². The van der Waals surface area contributed by atoms with Gasteiger partial charge in [-0.3, -0.25) is 4.79 Å². The van der Waals surface area contributed by atoms with E-state index in [2.05, 4.69) is 11.9 Å². The van der Waals surface area contributed by atoms with E-state index in [4.69, 9.17) is 16.0 Å². The van der Waals surface area contributed by atoms with Gasteiger partial charge in [0.2, 0.25) is 5.89 Å². The molecule has 0 atom stereocenters. The van der Waals surface area contributed by atoms with Crippen LogP contribution in [0.3, 0.4) is 0 Å². The molecule has 0 aliphatic carbocycles. The first-order chi connectivity index (χ1) is 12.6. The summed E-state index contributed by atoms with van der Waals surface area (Å²) in [6.07, 6.45) is 2.58. The minimum Gasteiger partial charge on any atom is -0.508 e. The highest BCUT2D eigenvalue weighted by molar-refractivity contribution is 6.30. The number of aromatic nitrogens is 1. The molecule has 0 radical (unpaired) electrons. The minimum absolute atomic E-state index is 0.0171. The number of hydrogen-bond donors (Lipinski definition) is 1. The van der Waals surface area contributed by atoms with Crippen molar-refractivity contribution in [1.29, 1.82) is 0 Å². The normalized spacial score (nSPS) is 10.8. The van der Waals surface area contributed by atoms with E-state index in [9.17, 15) is 9.90 Å². The molecular formula is C21H20ClNO3. The molecule has 3 rings (SSSR count). The zero-order valence-corrected chi connectivity index (χ0v) is 15.3. The van der Waals surface area contributed by atoms with Gasteiger partial charge in [0, 0.05) is 35.4 Å². The molecule has 0 aliphatic rings. The first kappa shape index (κ1) is 18.2. The zero-order chi connectivity index (χ0) is 18.5. The molecule has 26 heavy (non-hydrogen) atoms. The highest BCUT2D eigenvalue weighted by Crippen LogP contribution is 2.25. The van der Waals surface area contributed by atoms with Crippen LogP contribution in [-0.2, 0) is 12.8 Å². The quantitative estimate of drug-likeness (QED) is 0.561. The van der Waals surface area contributed by atoms with Crippen molar-refractivity contribution in [3.8, 4) is 17.2 Å². The van der Waals surface area contributed by atoms with Gasteiger partial charge in [0.05, 0.1) is 5.69 Å². The van der Waals surface area contributed by atoms with E-state index >= 15 is 0 Å². The van der Waals surface area contributed by atoms with Gasteiger partial charge in [-0.2, -0.15) is 0 Å². The fourth-order valence-corrected chi connectivity index (χ4v) is 2.87. The number of rotatable bonds is 7. The van der Waals surface area contributed by atoms with Crippen LogP contribution < -0.4 is 0 Å². The first-order valence-corrected chi connectivity index (χ1v) is 9.01. The lowest BCUT2D eigenvalue weighted by Gasteiger charge is -2.01. The fraction of sp³-hybridized carbons (Fsp3) is 0.238. The standard InChI is InChI=1S/C21H20ClNO3/c1-2-3-20-18(12-13-19(25)14-6-10-17(24)11-7-14)23-21(26-20)15-4-8-16(22)9-5-15/h4-11,24H,2-3,12-13H2,1H3. The number of phenolic OH excluding ortho intramolecular Hbond substituents is 1. The summed E-state index contributed by atoms with van der Waals surface area (Å²) >= 11 is 5.93. The summed E-state index contributed by atoms with van der Waals surface area (Å²) in [5.41, 5.74) is 2.27. The Morgan fingerprint density at radius 2 is 1.77 bits per heavy atom. The molecule has 134 valence electrons. The molecule has 1 N–H and O–H groups in total. The molecule has 4 nitrogen and oxygen atoms in total. The second kappa shape index (κ2) is 8.19. The number of ketones is 1. The molecule has 0 amide bonds. The maximum Gasteiger partial charge on any atom is 0.226 e. The average molecular weight is 370 g/mol. The Morgan fingerprint density at radius 1 is 1.08 bits per heavy atom. The van der Waals surface area contributed by atoms with Crippen molar-refractivity contribution in [2.45, 2.75) is 32.6 Å². The van der Waals surface area contributed by atoms with E-state index in [0.717, 1.165) is 29.9 Å². The molecule has 0 saturated carbocycles. The highest BCUT2D eigenvalue weighted by atomic mass is 35.5. The van der Waals surface area contributed by atoms with Crippen LogP contribution in [0.1, 0.15) is 41.6 Å². The third-order valence-corrected chi connectivity index (χ3v) is 4.38. The zero-order valence-electron chi connectivity index (χ0n) is 14.5. The number of oxazole rings is 1. The van der Waals surface area contributed by atoms with E-state index < -0.39 is 0 Å². The number of aryl methyl sites for hydroxylation is 2. The Balaban J connectivity index is 1.76. The van der Waals surface area contributed by atoms with E-state index in [1.807, 2.05) is 12.1 Å². The maximum atomic E-state index is 12.4. The van der Waals surface area contributed by atoms with Crippen LogP contribution in [0.4, 0.5) is 0 Å². The summed E-state index contributed by atoms with van der Waals surface area (Å²) in [6.45, 7) is 2.08. The Hall–Kier alpha value is -2.59. The van der Waals surface area contributed by atoms with Crippen molar-refractivity contribution in [2.24, 2.45) is 0 Å². The van der Waals surface area contributed by atoms with Crippen molar-refractivity contribution in [3.05, 3.63) is 70.6 Å². The van der Waals surface area contributed by atoms with Crippen molar-refractivity contribution in [3.63, 3.8) is 0 Å². The van der Waals surface area contributed by atoms with Gasteiger partial charge in [-0.05, 0) is 55.0 Å². The monoisotopic (exact) mass is 369 g/mol. The molecular weight excluding hydrogens is 350 g/mol. The van der Waals surface area contributed by atoms with Gasteiger partial charge in [0.25, 0.3) is 0 Å². The Kier molecular flexibility index (Phi) is 5.74. The van der Waals surface area contributed by atoms with Gasteiger partial charge < -0.3 is 9.52 Å². The van der Waals surface area contributed by atoms with Crippen molar-refractivity contribution in [2.75, 3.05) is 0 Å². The predicted octanol–water partition coefficient (Wildman–Crippen LogP) is 5.47. The lowest BCUT2D eigenvalue weighted by molar-refractivity contribution is 0.0982. The molecule has 5 heteroatoms. The number of benzene rings is 2. The number of hydrogen-bond acceptors (Lipinski definition) is 4. The largest absolute Gasteiger partial charge is 0.508 e. The third-order valence-electron chi connectivity index (χ3n) is 4.12. The van der Waals surface area contributed by atoms with Crippen molar-refractivity contribution in [1.82, 2.24) is 4.98 Å². The SMILES string of the molecule is CCCc1oc(-c2ccc(Cl)cc2)nc1CCC(=O)c1ccc(O)cc1. The number of halogens is 1.